The highest BCUT2D eigenvalue weighted by molar-refractivity contribution is 5.73. The van der Waals surface area contributed by atoms with E-state index < -0.39 is 11.7 Å². The summed E-state index contributed by atoms with van der Waals surface area (Å²) in [6.07, 6.45) is -0.518. The fourth-order valence-corrected chi connectivity index (χ4v) is 2.17. The quantitative estimate of drug-likeness (QED) is 0.433. The van der Waals surface area contributed by atoms with Gasteiger partial charge in [0.05, 0.1) is 17.0 Å². The highest BCUT2D eigenvalue weighted by atomic mass is 19.4. The van der Waals surface area contributed by atoms with Crippen molar-refractivity contribution in [1.29, 1.82) is 0 Å². The van der Waals surface area contributed by atoms with Gasteiger partial charge in [0.25, 0.3) is 0 Å². The lowest BCUT2D eigenvalue weighted by atomic mass is 10.2. The molecule has 2 rings (SSSR count). The number of nitrogens with zero attached hydrogens (tertiary/aromatic N) is 1. The van der Waals surface area contributed by atoms with Crippen LogP contribution in [0.5, 0.6) is 5.88 Å². The van der Waals surface area contributed by atoms with Crippen LogP contribution in [0.2, 0.25) is 0 Å². The van der Waals surface area contributed by atoms with Crippen molar-refractivity contribution >= 4 is 11.4 Å². The van der Waals surface area contributed by atoms with E-state index >= 15 is 0 Å². The number of pyridine rings is 1. The van der Waals surface area contributed by atoms with Crippen molar-refractivity contribution in [1.82, 2.24) is 4.98 Å². The molecule has 0 radical (unpaired) electrons. The van der Waals surface area contributed by atoms with Crippen LogP contribution in [0.4, 0.5) is 23.2 Å². The van der Waals surface area contributed by atoms with E-state index in [1.807, 2.05) is 0 Å². The van der Waals surface area contributed by atoms with E-state index in [1.165, 1.54) is 24.3 Å². The first-order valence-corrected chi connectivity index (χ1v) is 8.55. The molecule has 0 spiro atoms. The first-order chi connectivity index (χ1) is 13.3. The van der Waals surface area contributed by atoms with Crippen LogP contribution >= 0.6 is 0 Å². The maximum atomic E-state index is 13.0. The molecular weight excluding hydrogens is 372 g/mol. The van der Waals surface area contributed by atoms with Gasteiger partial charge in [0.15, 0.2) is 0 Å². The summed E-state index contributed by atoms with van der Waals surface area (Å²) < 4.78 is 57.1. The monoisotopic (exact) mass is 392 g/mol. The number of allylic oxidation sites excluding steroid dienone is 3. The Labute approximate surface area is 161 Å². The molecule has 28 heavy (non-hydrogen) atoms. The number of ether oxygens (including phenoxy) is 1. The molecule has 148 valence electrons. The zero-order valence-corrected chi connectivity index (χ0v) is 15.3. The van der Waals surface area contributed by atoms with E-state index in [9.17, 15) is 17.6 Å². The minimum atomic E-state index is -4.45. The Bertz CT molecular complexity index is 855. The summed E-state index contributed by atoms with van der Waals surface area (Å²) in [6, 6.07) is 10.6. The fraction of sp³-hybridized carbons (Fsp3) is 0.190. The molecule has 0 bridgehead atoms. The van der Waals surface area contributed by atoms with Crippen LogP contribution in [-0.4, -0.2) is 17.8 Å². The summed E-state index contributed by atoms with van der Waals surface area (Å²) in [6.45, 7) is 5.34. The average molecular weight is 392 g/mol. The Morgan fingerprint density at radius 3 is 2.54 bits per heavy atom. The van der Waals surface area contributed by atoms with E-state index in [-0.39, 0.29) is 18.3 Å². The number of anilines is 1. The highest BCUT2D eigenvalue weighted by Gasteiger charge is 2.31. The van der Waals surface area contributed by atoms with E-state index in [4.69, 9.17) is 4.74 Å². The molecule has 0 aliphatic carbocycles. The van der Waals surface area contributed by atoms with Crippen molar-refractivity contribution in [2.24, 2.45) is 0 Å². The summed E-state index contributed by atoms with van der Waals surface area (Å²) in [4.78, 5) is 4.22. The molecule has 1 N–H and O–H groups in total. The Hall–Kier alpha value is -3.09. The van der Waals surface area contributed by atoms with Gasteiger partial charge in [0, 0.05) is 11.8 Å². The van der Waals surface area contributed by atoms with Gasteiger partial charge in [0.2, 0.25) is 5.88 Å². The summed E-state index contributed by atoms with van der Waals surface area (Å²) in [7, 11) is 0. The van der Waals surface area contributed by atoms with Gasteiger partial charge in [0.1, 0.15) is 12.4 Å². The van der Waals surface area contributed by atoms with Crippen LogP contribution in [0.3, 0.4) is 0 Å². The van der Waals surface area contributed by atoms with E-state index in [1.54, 1.807) is 31.2 Å². The van der Waals surface area contributed by atoms with Crippen molar-refractivity contribution in [2.75, 3.05) is 11.9 Å². The van der Waals surface area contributed by atoms with E-state index in [0.29, 0.717) is 23.5 Å². The van der Waals surface area contributed by atoms with Gasteiger partial charge in [-0.15, -0.1) is 0 Å². The second-order valence-corrected chi connectivity index (χ2v) is 5.75. The van der Waals surface area contributed by atoms with Crippen molar-refractivity contribution in [3.8, 4) is 5.88 Å². The molecule has 1 heterocycles. The molecule has 0 aliphatic rings. The Kier molecular flexibility index (Phi) is 7.37. The number of aromatic nitrogens is 1. The largest absolute Gasteiger partial charge is 0.473 e. The molecule has 0 fully saturated rings. The van der Waals surface area contributed by atoms with Gasteiger partial charge < -0.3 is 10.1 Å². The number of halogens is 4. The molecule has 3 nitrogen and oxygen atoms in total. The minimum absolute atomic E-state index is 0.164. The lowest BCUT2D eigenvalue weighted by Gasteiger charge is -2.11. The second kappa shape index (κ2) is 9.73. The summed E-state index contributed by atoms with van der Waals surface area (Å²) >= 11 is 0. The van der Waals surface area contributed by atoms with Crippen LogP contribution in [-0.2, 0) is 0 Å². The average Bonchev–Trinajstić information content (AvgIpc) is 2.65. The van der Waals surface area contributed by atoms with Gasteiger partial charge in [-0.1, -0.05) is 31.7 Å². The Morgan fingerprint density at radius 1 is 1.18 bits per heavy atom. The normalized spacial score (nSPS) is 12.2. The molecule has 0 saturated carbocycles. The van der Waals surface area contributed by atoms with Crippen LogP contribution in [0.15, 0.2) is 72.8 Å². The van der Waals surface area contributed by atoms with Crippen molar-refractivity contribution in [3.63, 3.8) is 0 Å². The molecule has 1 aromatic heterocycles. The first-order valence-electron chi connectivity index (χ1n) is 8.55. The fourth-order valence-electron chi connectivity index (χ4n) is 2.17. The maximum absolute atomic E-state index is 13.0. The number of alkyl halides is 3. The molecular formula is C21H20F4N2O. The number of hydrogen-bond acceptors (Lipinski definition) is 3. The smallest absolute Gasteiger partial charge is 0.416 e. The van der Waals surface area contributed by atoms with E-state index in [2.05, 4.69) is 16.9 Å². The van der Waals surface area contributed by atoms with Gasteiger partial charge in [-0.05, 0) is 42.8 Å². The number of hydrogen-bond donors (Lipinski definition) is 1. The number of rotatable bonds is 8. The van der Waals surface area contributed by atoms with Crippen molar-refractivity contribution in [2.45, 2.75) is 19.5 Å². The molecule has 7 heteroatoms. The van der Waals surface area contributed by atoms with Crippen molar-refractivity contribution in [3.05, 3.63) is 84.4 Å². The summed E-state index contributed by atoms with van der Waals surface area (Å²) in [5.74, 6) is -0.193. The van der Waals surface area contributed by atoms with Crippen LogP contribution < -0.4 is 10.1 Å². The molecule has 0 amide bonds. The van der Waals surface area contributed by atoms with E-state index in [0.717, 1.165) is 12.2 Å². The summed E-state index contributed by atoms with van der Waals surface area (Å²) in [5.41, 5.74) is 0.745. The zero-order valence-electron chi connectivity index (χ0n) is 15.3. The highest BCUT2D eigenvalue weighted by Crippen LogP contribution is 2.26. The zero-order chi connectivity index (χ0) is 20.6. The molecule has 0 atom stereocenters. The molecule has 1 aromatic carbocycles. The predicted octanol–water partition coefficient (Wildman–Crippen LogP) is 6.14. The van der Waals surface area contributed by atoms with Crippen LogP contribution in [0.1, 0.15) is 19.0 Å². The van der Waals surface area contributed by atoms with Gasteiger partial charge in [-0.25, -0.2) is 9.37 Å². The van der Waals surface area contributed by atoms with Gasteiger partial charge >= 0.3 is 6.18 Å². The SMILES string of the molecule is C=C(Nc1ccc(F)cc1)c1cccc(OC/C=C(\C=C/CC)C(F)(F)F)n1. The van der Waals surface area contributed by atoms with Gasteiger partial charge in [-0.2, -0.15) is 13.2 Å². The van der Waals surface area contributed by atoms with Gasteiger partial charge in [-0.3, -0.25) is 0 Å². The molecule has 0 saturated heterocycles. The number of nitrogens with one attached hydrogen (secondary N) is 1. The van der Waals surface area contributed by atoms with Crippen LogP contribution in [0, 0.1) is 5.82 Å². The standard InChI is InChI=1S/C21H20F4N2O/c1-3-4-6-16(21(23,24)25)13-14-28-20-8-5-7-19(27-20)15(2)26-18-11-9-17(22)10-12-18/h4-13,26H,2-3,14H2,1H3/b6-4-,16-13+. The number of benzene rings is 1. The Morgan fingerprint density at radius 2 is 1.89 bits per heavy atom. The Balaban J connectivity index is 2.04. The topological polar surface area (TPSA) is 34.1 Å². The van der Waals surface area contributed by atoms with Crippen molar-refractivity contribution < 1.29 is 22.3 Å². The maximum Gasteiger partial charge on any atom is 0.416 e. The molecule has 0 aliphatic heterocycles. The summed E-state index contributed by atoms with van der Waals surface area (Å²) in [5, 5.41) is 2.98. The lowest BCUT2D eigenvalue weighted by molar-refractivity contribution is -0.0886. The minimum Gasteiger partial charge on any atom is -0.473 e. The predicted molar refractivity (Wildman–Crippen MR) is 102 cm³/mol. The molecule has 2 aromatic rings. The van der Waals surface area contributed by atoms with Crippen LogP contribution in [0.25, 0.3) is 5.70 Å². The third-order valence-electron chi connectivity index (χ3n) is 3.57. The third kappa shape index (κ3) is 6.57. The first kappa shape index (κ1) is 21.2. The lowest BCUT2D eigenvalue weighted by Crippen LogP contribution is -2.11. The molecule has 0 unspecified atom stereocenters. The third-order valence-corrected chi connectivity index (χ3v) is 3.57. The second-order valence-electron chi connectivity index (χ2n) is 5.75.